The van der Waals surface area contributed by atoms with Crippen LogP contribution in [-0.2, 0) is 6.54 Å². The van der Waals surface area contributed by atoms with Gasteiger partial charge in [0.1, 0.15) is 11.6 Å². The minimum atomic E-state index is 0.869. The van der Waals surface area contributed by atoms with Gasteiger partial charge in [-0.05, 0) is 39.2 Å². The summed E-state index contributed by atoms with van der Waals surface area (Å²) in [5.41, 5.74) is 0. The van der Waals surface area contributed by atoms with Gasteiger partial charge in [0.05, 0.1) is 6.54 Å². The van der Waals surface area contributed by atoms with Crippen molar-refractivity contribution in [1.82, 2.24) is 20.1 Å². The third kappa shape index (κ3) is 3.04. The van der Waals surface area contributed by atoms with Crippen LogP contribution in [0.2, 0.25) is 0 Å². The van der Waals surface area contributed by atoms with Crippen LogP contribution in [0.1, 0.15) is 37.3 Å². The van der Waals surface area contributed by atoms with E-state index in [2.05, 4.69) is 15.4 Å². The molecule has 0 atom stereocenters. The quantitative estimate of drug-likeness (QED) is 0.771. The predicted octanol–water partition coefficient (Wildman–Crippen LogP) is 1.67. The molecule has 90 valence electrons. The lowest BCUT2D eigenvalue weighted by atomic mass is 10.1. The Labute approximate surface area is 97.5 Å². The molecule has 0 unspecified atom stereocenters. The third-order valence-corrected chi connectivity index (χ3v) is 3.37. The molecule has 1 fully saturated rings. The zero-order chi connectivity index (χ0) is 11.4. The third-order valence-electron chi connectivity index (χ3n) is 3.37. The van der Waals surface area contributed by atoms with Gasteiger partial charge in [-0.1, -0.05) is 12.8 Å². The first-order chi connectivity index (χ1) is 7.75. The number of nitrogens with one attached hydrogen (secondary N) is 1. The number of aromatic nitrogens is 3. The molecule has 1 aromatic heterocycles. The van der Waals surface area contributed by atoms with E-state index in [1.807, 2.05) is 18.5 Å². The van der Waals surface area contributed by atoms with Crippen molar-refractivity contribution in [2.24, 2.45) is 5.92 Å². The zero-order valence-electron chi connectivity index (χ0n) is 10.4. The van der Waals surface area contributed by atoms with Crippen molar-refractivity contribution in [3.63, 3.8) is 0 Å². The second-order valence-electron chi connectivity index (χ2n) is 4.78. The molecule has 0 amide bonds. The van der Waals surface area contributed by atoms with Gasteiger partial charge in [0.2, 0.25) is 0 Å². The Morgan fingerprint density at radius 2 is 2.06 bits per heavy atom. The normalized spacial score (nSPS) is 17.1. The molecule has 1 N–H and O–H groups in total. The van der Waals surface area contributed by atoms with Crippen LogP contribution in [-0.4, -0.2) is 27.9 Å². The van der Waals surface area contributed by atoms with Crippen molar-refractivity contribution in [3.8, 4) is 0 Å². The van der Waals surface area contributed by atoms with Crippen molar-refractivity contribution in [1.29, 1.82) is 0 Å². The van der Waals surface area contributed by atoms with E-state index < -0.39 is 0 Å². The molecule has 1 aliphatic carbocycles. The molecule has 0 aromatic carbocycles. The van der Waals surface area contributed by atoms with Gasteiger partial charge in [-0.15, -0.1) is 0 Å². The van der Waals surface area contributed by atoms with Crippen LogP contribution < -0.4 is 5.32 Å². The fourth-order valence-corrected chi connectivity index (χ4v) is 2.48. The first kappa shape index (κ1) is 11.6. The molecule has 0 radical (unpaired) electrons. The van der Waals surface area contributed by atoms with E-state index in [4.69, 9.17) is 0 Å². The molecular formula is C12H22N4. The Morgan fingerprint density at radius 1 is 1.31 bits per heavy atom. The molecule has 0 bridgehead atoms. The van der Waals surface area contributed by atoms with E-state index in [1.165, 1.54) is 32.2 Å². The summed E-state index contributed by atoms with van der Waals surface area (Å²) in [5.74, 6) is 2.80. The van der Waals surface area contributed by atoms with Gasteiger partial charge in [-0.2, -0.15) is 5.10 Å². The SMILES string of the molecule is Cc1nc(C)n(CCNCC2CCCC2)n1. The molecule has 1 aromatic rings. The number of hydrogen-bond donors (Lipinski definition) is 1. The molecule has 4 heteroatoms. The summed E-state index contributed by atoms with van der Waals surface area (Å²) >= 11 is 0. The van der Waals surface area contributed by atoms with Crippen LogP contribution in [0.4, 0.5) is 0 Å². The highest BCUT2D eigenvalue weighted by atomic mass is 15.3. The minimum Gasteiger partial charge on any atom is -0.315 e. The summed E-state index contributed by atoms with van der Waals surface area (Å²) in [5, 5.41) is 7.87. The zero-order valence-corrected chi connectivity index (χ0v) is 10.4. The van der Waals surface area contributed by atoms with Gasteiger partial charge < -0.3 is 5.32 Å². The molecule has 4 nitrogen and oxygen atoms in total. The van der Waals surface area contributed by atoms with Gasteiger partial charge in [-0.3, -0.25) is 0 Å². The molecule has 1 saturated carbocycles. The lowest BCUT2D eigenvalue weighted by Gasteiger charge is -2.10. The van der Waals surface area contributed by atoms with E-state index in [-0.39, 0.29) is 0 Å². The maximum atomic E-state index is 4.35. The molecule has 0 spiro atoms. The van der Waals surface area contributed by atoms with Crippen LogP contribution in [0.5, 0.6) is 0 Å². The Hall–Kier alpha value is -0.900. The summed E-state index contributed by atoms with van der Waals surface area (Å²) in [6.45, 7) is 7.05. The monoisotopic (exact) mass is 222 g/mol. The lowest BCUT2D eigenvalue weighted by molar-refractivity contribution is 0.464. The Kier molecular flexibility index (Phi) is 3.93. The number of rotatable bonds is 5. The maximum absolute atomic E-state index is 4.35. The number of hydrogen-bond acceptors (Lipinski definition) is 3. The van der Waals surface area contributed by atoms with Gasteiger partial charge >= 0.3 is 0 Å². The van der Waals surface area contributed by atoms with E-state index in [0.717, 1.165) is 30.7 Å². The van der Waals surface area contributed by atoms with Gasteiger partial charge in [-0.25, -0.2) is 9.67 Å². The van der Waals surface area contributed by atoms with Crippen LogP contribution in [0.3, 0.4) is 0 Å². The Bertz CT molecular complexity index is 326. The van der Waals surface area contributed by atoms with Crippen LogP contribution in [0, 0.1) is 19.8 Å². The molecule has 1 aliphatic rings. The second-order valence-corrected chi connectivity index (χ2v) is 4.78. The highest BCUT2D eigenvalue weighted by Crippen LogP contribution is 2.23. The average molecular weight is 222 g/mol. The minimum absolute atomic E-state index is 0.869. The first-order valence-electron chi connectivity index (χ1n) is 6.34. The molecule has 2 rings (SSSR count). The lowest BCUT2D eigenvalue weighted by Crippen LogP contribution is -2.25. The number of nitrogens with zero attached hydrogens (tertiary/aromatic N) is 3. The second kappa shape index (κ2) is 5.43. The summed E-state index contributed by atoms with van der Waals surface area (Å²) in [6.07, 6.45) is 5.67. The summed E-state index contributed by atoms with van der Waals surface area (Å²) in [4.78, 5) is 4.29. The Morgan fingerprint density at radius 3 is 2.69 bits per heavy atom. The smallest absolute Gasteiger partial charge is 0.147 e. The summed E-state index contributed by atoms with van der Waals surface area (Å²) in [7, 11) is 0. The standard InChI is InChI=1S/C12H22N4/c1-10-14-11(2)16(15-10)8-7-13-9-12-5-3-4-6-12/h12-13H,3-9H2,1-2H3. The van der Waals surface area contributed by atoms with Crippen LogP contribution >= 0.6 is 0 Å². The number of aryl methyl sites for hydroxylation is 2. The van der Waals surface area contributed by atoms with E-state index >= 15 is 0 Å². The van der Waals surface area contributed by atoms with E-state index in [0.29, 0.717) is 0 Å². The topological polar surface area (TPSA) is 42.7 Å². The molecule has 0 saturated heterocycles. The fourth-order valence-electron chi connectivity index (χ4n) is 2.48. The highest BCUT2D eigenvalue weighted by molar-refractivity contribution is 4.87. The van der Waals surface area contributed by atoms with Gasteiger partial charge in [0, 0.05) is 6.54 Å². The van der Waals surface area contributed by atoms with Crippen molar-refractivity contribution >= 4 is 0 Å². The van der Waals surface area contributed by atoms with E-state index in [9.17, 15) is 0 Å². The Balaban J connectivity index is 1.65. The van der Waals surface area contributed by atoms with Crippen LogP contribution in [0.25, 0.3) is 0 Å². The highest BCUT2D eigenvalue weighted by Gasteiger charge is 2.13. The van der Waals surface area contributed by atoms with Crippen molar-refractivity contribution in [3.05, 3.63) is 11.6 Å². The molecule has 1 heterocycles. The predicted molar refractivity (Wildman–Crippen MR) is 64.3 cm³/mol. The van der Waals surface area contributed by atoms with Gasteiger partial charge in [0.25, 0.3) is 0 Å². The summed E-state index contributed by atoms with van der Waals surface area (Å²) in [6, 6.07) is 0. The average Bonchev–Trinajstić information content (AvgIpc) is 2.84. The van der Waals surface area contributed by atoms with E-state index in [1.54, 1.807) is 0 Å². The molecular weight excluding hydrogens is 200 g/mol. The van der Waals surface area contributed by atoms with Crippen molar-refractivity contribution in [2.45, 2.75) is 46.1 Å². The van der Waals surface area contributed by atoms with Crippen molar-refractivity contribution < 1.29 is 0 Å². The van der Waals surface area contributed by atoms with Crippen LogP contribution in [0.15, 0.2) is 0 Å². The molecule has 16 heavy (non-hydrogen) atoms. The largest absolute Gasteiger partial charge is 0.315 e. The molecule has 0 aliphatic heterocycles. The fraction of sp³-hybridized carbons (Fsp3) is 0.833. The van der Waals surface area contributed by atoms with Crippen molar-refractivity contribution in [2.75, 3.05) is 13.1 Å². The maximum Gasteiger partial charge on any atom is 0.147 e. The first-order valence-corrected chi connectivity index (χ1v) is 6.34. The van der Waals surface area contributed by atoms with Gasteiger partial charge in [0.15, 0.2) is 0 Å². The summed E-state index contributed by atoms with van der Waals surface area (Å²) < 4.78 is 1.98.